The van der Waals surface area contributed by atoms with E-state index in [1.807, 2.05) is 18.2 Å². The minimum Gasteiger partial charge on any atom is -0.404 e. The SMILES string of the molecule is C=CCC[C@@H](CC(C)=O)O[Si](c1ccccc1)(c1ccccc1)C(C)(C)C. The molecule has 0 saturated heterocycles. The second kappa shape index (κ2) is 9.29. The number of hydrogen-bond donors (Lipinski definition) is 0. The summed E-state index contributed by atoms with van der Waals surface area (Å²) in [5.41, 5.74) is 0. The monoisotopic (exact) mass is 380 g/mol. The van der Waals surface area contributed by atoms with Gasteiger partial charge >= 0.3 is 0 Å². The smallest absolute Gasteiger partial charge is 0.261 e. The van der Waals surface area contributed by atoms with Gasteiger partial charge in [-0.1, -0.05) is 87.5 Å². The maximum atomic E-state index is 11.9. The number of carbonyl (C=O) groups excluding carboxylic acids is 1. The minimum atomic E-state index is -2.62. The Bertz CT molecular complexity index is 692. The fraction of sp³-hybridized carbons (Fsp3) is 0.375. The molecule has 0 unspecified atom stereocenters. The zero-order valence-electron chi connectivity index (χ0n) is 17.1. The third-order valence-corrected chi connectivity index (χ3v) is 10.1. The standard InChI is InChI=1S/C24H32O2Si/c1-6-7-14-21(19-20(2)25)26-27(24(3,4)5,22-15-10-8-11-16-22)23-17-12-9-13-18-23/h6,8-13,15-18,21H,1,7,14,19H2,2-5H3/t21-/m0/s1. The van der Waals surface area contributed by atoms with E-state index in [4.69, 9.17) is 4.43 Å². The number of rotatable bonds is 9. The lowest BCUT2D eigenvalue weighted by Gasteiger charge is -2.45. The minimum absolute atomic E-state index is 0.0844. The Morgan fingerprint density at radius 2 is 1.52 bits per heavy atom. The van der Waals surface area contributed by atoms with Crippen LogP contribution >= 0.6 is 0 Å². The van der Waals surface area contributed by atoms with E-state index >= 15 is 0 Å². The number of Topliss-reactive ketones (excluding diaryl/α,β-unsaturated/α-hetero) is 1. The van der Waals surface area contributed by atoms with Crippen LogP contribution in [0.4, 0.5) is 0 Å². The van der Waals surface area contributed by atoms with Crippen LogP contribution in [0, 0.1) is 0 Å². The van der Waals surface area contributed by atoms with Crippen molar-refractivity contribution in [2.45, 2.75) is 58.1 Å². The Hall–Kier alpha value is -1.97. The summed E-state index contributed by atoms with van der Waals surface area (Å²) in [4.78, 5) is 11.9. The quantitative estimate of drug-likeness (QED) is 0.458. The highest BCUT2D eigenvalue weighted by Crippen LogP contribution is 2.38. The second-order valence-electron chi connectivity index (χ2n) is 8.18. The summed E-state index contributed by atoms with van der Waals surface area (Å²) >= 11 is 0. The highest BCUT2D eigenvalue weighted by atomic mass is 28.4. The van der Waals surface area contributed by atoms with Crippen molar-refractivity contribution in [1.82, 2.24) is 0 Å². The fourth-order valence-corrected chi connectivity index (χ4v) is 8.48. The van der Waals surface area contributed by atoms with Gasteiger partial charge in [-0.05, 0) is 35.2 Å². The molecule has 0 heterocycles. The fourth-order valence-electron chi connectivity index (χ4n) is 3.77. The molecule has 0 fully saturated rings. The van der Waals surface area contributed by atoms with Gasteiger partial charge in [-0.3, -0.25) is 4.79 Å². The molecule has 0 N–H and O–H groups in total. The molecule has 0 aliphatic heterocycles. The third kappa shape index (κ3) is 5.05. The summed E-state index contributed by atoms with van der Waals surface area (Å²) in [6, 6.07) is 21.1. The predicted molar refractivity (Wildman–Crippen MR) is 117 cm³/mol. The molecule has 2 nitrogen and oxygen atoms in total. The lowest BCUT2D eigenvalue weighted by atomic mass is 10.1. The summed E-state index contributed by atoms with van der Waals surface area (Å²) in [5.74, 6) is 0.169. The van der Waals surface area contributed by atoms with Crippen LogP contribution in [-0.4, -0.2) is 20.2 Å². The number of carbonyl (C=O) groups is 1. The summed E-state index contributed by atoms with van der Waals surface area (Å²) in [6.45, 7) is 12.3. The van der Waals surface area contributed by atoms with Crippen LogP contribution in [0.3, 0.4) is 0 Å². The average Bonchev–Trinajstić information content (AvgIpc) is 2.64. The van der Waals surface area contributed by atoms with E-state index in [1.165, 1.54) is 10.4 Å². The molecule has 0 aliphatic carbocycles. The largest absolute Gasteiger partial charge is 0.404 e. The molecular weight excluding hydrogens is 348 g/mol. The lowest BCUT2D eigenvalue weighted by molar-refractivity contribution is -0.118. The van der Waals surface area contributed by atoms with Gasteiger partial charge in [-0.2, -0.15) is 0 Å². The van der Waals surface area contributed by atoms with E-state index < -0.39 is 8.32 Å². The first kappa shape index (κ1) is 21.3. The van der Waals surface area contributed by atoms with Gasteiger partial charge in [0.1, 0.15) is 5.78 Å². The second-order valence-corrected chi connectivity index (χ2v) is 12.4. The molecule has 1 atom stereocenters. The van der Waals surface area contributed by atoms with E-state index in [0.717, 1.165) is 12.8 Å². The molecule has 27 heavy (non-hydrogen) atoms. The Balaban J connectivity index is 2.63. The summed E-state index contributed by atoms with van der Waals surface area (Å²) in [7, 11) is -2.62. The van der Waals surface area contributed by atoms with Crippen molar-refractivity contribution < 1.29 is 9.22 Å². The molecule has 0 saturated carbocycles. The molecule has 3 heteroatoms. The predicted octanol–water partition coefficient (Wildman–Crippen LogP) is 4.88. The highest BCUT2D eigenvalue weighted by Gasteiger charge is 2.51. The topological polar surface area (TPSA) is 26.3 Å². The molecule has 2 aromatic carbocycles. The first-order valence-electron chi connectivity index (χ1n) is 9.70. The summed E-state index contributed by atoms with van der Waals surface area (Å²) < 4.78 is 7.06. The van der Waals surface area contributed by atoms with Crippen LogP contribution in [0.5, 0.6) is 0 Å². The average molecular weight is 381 g/mol. The van der Waals surface area contributed by atoms with Gasteiger partial charge in [0, 0.05) is 6.42 Å². The number of ketones is 1. The molecule has 0 bridgehead atoms. The van der Waals surface area contributed by atoms with Crippen molar-refractivity contribution in [1.29, 1.82) is 0 Å². The zero-order chi connectivity index (χ0) is 19.9. The number of benzene rings is 2. The first-order chi connectivity index (χ1) is 12.8. The van der Waals surface area contributed by atoms with Gasteiger partial charge in [0.25, 0.3) is 8.32 Å². The van der Waals surface area contributed by atoms with Gasteiger partial charge in [0.15, 0.2) is 0 Å². The third-order valence-electron chi connectivity index (χ3n) is 4.97. The van der Waals surface area contributed by atoms with E-state index in [1.54, 1.807) is 6.92 Å². The molecule has 0 amide bonds. The van der Waals surface area contributed by atoms with E-state index in [-0.39, 0.29) is 16.9 Å². The Morgan fingerprint density at radius 3 is 1.89 bits per heavy atom. The molecule has 2 rings (SSSR count). The van der Waals surface area contributed by atoms with E-state index in [9.17, 15) is 4.79 Å². The number of hydrogen-bond acceptors (Lipinski definition) is 2. The molecule has 144 valence electrons. The van der Waals surface area contributed by atoms with Crippen LogP contribution in [0.15, 0.2) is 73.3 Å². The first-order valence-corrected chi connectivity index (χ1v) is 11.6. The molecule has 2 aromatic rings. The van der Waals surface area contributed by atoms with Crippen molar-refractivity contribution >= 4 is 24.5 Å². The highest BCUT2D eigenvalue weighted by molar-refractivity contribution is 6.99. The van der Waals surface area contributed by atoms with Crippen molar-refractivity contribution in [3.05, 3.63) is 73.3 Å². The van der Waals surface area contributed by atoms with Crippen molar-refractivity contribution in [3.63, 3.8) is 0 Å². The maximum Gasteiger partial charge on any atom is 0.261 e. The van der Waals surface area contributed by atoms with Crippen molar-refractivity contribution in [2.75, 3.05) is 0 Å². The van der Waals surface area contributed by atoms with Crippen LogP contribution in [0.25, 0.3) is 0 Å². The van der Waals surface area contributed by atoms with Crippen molar-refractivity contribution in [3.8, 4) is 0 Å². The molecule has 0 radical (unpaired) electrons. The molecule has 0 aromatic heterocycles. The Morgan fingerprint density at radius 1 is 1.04 bits per heavy atom. The van der Waals surface area contributed by atoms with E-state index in [0.29, 0.717) is 6.42 Å². The van der Waals surface area contributed by atoms with Crippen LogP contribution in [0.2, 0.25) is 5.04 Å². The number of allylic oxidation sites excluding steroid dienone is 1. The molecule has 0 aliphatic rings. The summed E-state index contributed by atoms with van der Waals surface area (Å²) in [6.07, 6.45) is 3.90. The molecular formula is C24H32O2Si. The van der Waals surface area contributed by atoms with Gasteiger partial charge in [0.05, 0.1) is 6.10 Å². The van der Waals surface area contributed by atoms with Crippen LogP contribution in [-0.2, 0) is 9.22 Å². The zero-order valence-corrected chi connectivity index (χ0v) is 18.1. The van der Waals surface area contributed by atoms with Crippen LogP contribution in [0.1, 0.15) is 47.0 Å². The lowest BCUT2D eigenvalue weighted by Crippen LogP contribution is -2.67. The Labute approximate surface area is 165 Å². The normalized spacial score (nSPS) is 13.2. The van der Waals surface area contributed by atoms with Gasteiger partial charge in [-0.15, -0.1) is 6.58 Å². The van der Waals surface area contributed by atoms with Gasteiger partial charge in [-0.25, -0.2) is 0 Å². The van der Waals surface area contributed by atoms with Crippen LogP contribution < -0.4 is 10.4 Å². The Kier molecular flexibility index (Phi) is 7.34. The van der Waals surface area contributed by atoms with Gasteiger partial charge in [0.2, 0.25) is 0 Å². The molecule has 0 spiro atoms. The van der Waals surface area contributed by atoms with Gasteiger partial charge < -0.3 is 4.43 Å². The van der Waals surface area contributed by atoms with E-state index in [2.05, 4.69) is 75.9 Å². The maximum absolute atomic E-state index is 11.9. The summed E-state index contributed by atoms with van der Waals surface area (Å²) in [5, 5.41) is 2.41. The van der Waals surface area contributed by atoms with Crippen molar-refractivity contribution in [2.24, 2.45) is 0 Å².